The zero-order chi connectivity index (χ0) is 19.4. The maximum Gasteiger partial charge on any atom is 0.274 e. The summed E-state index contributed by atoms with van der Waals surface area (Å²) >= 11 is 0. The predicted octanol–water partition coefficient (Wildman–Crippen LogP) is 1.95. The average molecular weight is 366 g/mol. The first-order valence-electron chi connectivity index (χ1n) is 8.83. The smallest absolute Gasteiger partial charge is 0.274 e. The molecule has 3 rings (SSSR count). The van der Waals surface area contributed by atoms with Gasteiger partial charge in [-0.05, 0) is 31.2 Å². The number of aromatic nitrogens is 1. The number of hydrogen-bond acceptors (Lipinski definition) is 4. The topological polar surface area (TPSA) is 82.6 Å². The molecule has 1 aromatic heterocycles. The Kier molecular flexibility index (Phi) is 5.49. The summed E-state index contributed by atoms with van der Waals surface area (Å²) in [5, 5.41) is 2.78. The molecule has 7 heteroatoms. The molecule has 0 spiro atoms. The van der Waals surface area contributed by atoms with Crippen molar-refractivity contribution in [3.8, 4) is 0 Å². The summed E-state index contributed by atoms with van der Waals surface area (Å²) in [6.45, 7) is 5.49. The van der Waals surface area contributed by atoms with Gasteiger partial charge in [0.2, 0.25) is 5.91 Å². The second-order valence-electron chi connectivity index (χ2n) is 6.55. The van der Waals surface area contributed by atoms with Gasteiger partial charge in [0, 0.05) is 50.6 Å². The highest BCUT2D eigenvalue weighted by molar-refractivity contribution is 6.04. The van der Waals surface area contributed by atoms with Gasteiger partial charge >= 0.3 is 0 Å². The first-order chi connectivity index (χ1) is 12.9. The van der Waals surface area contributed by atoms with Gasteiger partial charge in [0.1, 0.15) is 5.69 Å². The number of nitrogens with zero attached hydrogens (tertiary/aromatic N) is 3. The van der Waals surface area contributed by atoms with E-state index in [-0.39, 0.29) is 23.4 Å². The maximum absolute atomic E-state index is 12.7. The van der Waals surface area contributed by atoms with Crippen LogP contribution in [0.1, 0.15) is 33.3 Å². The molecular formula is C20H22N4O3. The number of aryl methyl sites for hydroxylation is 1. The molecule has 0 bridgehead atoms. The van der Waals surface area contributed by atoms with Gasteiger partial charge in [0.25, 0.3) is 11.8 Å². The molecule has 7 nitrogen and oxygen atoms in total. The van der Waals surface area contributed by atoms with E-state index in [9.17, 15) is 14.4 Å². The van der Waals surface area contributed by atoms with Crippen molar-refractivity contribution < 1.29 is 14.4 Å². The summed E-state index contributed by atoms with van der Waals surface area (Å²) in [5.41, 5.74) is 2.37. The average Bonchev–Trinajstić information content (AvgIpc) is 2.69. The van der Waals surface area contributed by atoms with Crippen molar-refractivity contribution in [2.45, 2.75) is 13.8 Å². The van der Waals surface area contributed by atoms with Crippen molar-refractivity contribution >= 4 is 23.4 Å². The Labute approximate surface area is 158 Å². The molecule has 1 N–H and O–H groups in total. The highest BCUT2D eigenvalue weighted by atomic mass is 16.2. The molecule has 140 valence electrons. The van der Waals surface area contributed by atoms with Gasteiger partial charge in [0.15, 0.2) is 0 Å². The lowest BCUT2D eigenvalue weighted by atomic mass is 10.1. The predicted molar refractivity (Wildman–Crippen MR) is 102 cm³/mol. The van der Waals surface area contributed by atoms with Crippen LogP contribution in [0.3, 0.4) is 0 Å². The van der Waals surface area contributed by atoms with Crippen LogP contribution >= 0.6 is 0 Å². The summed E-state index contributed by atoms with van der Waals surface area (Å²) in [5.74, 6) is -0.513. The monoisotopic (exact) mass is 366 g/mol. The summed E-state index contributed by atoms with van der Waals surface area (Å²) in [4.78, 5) is 44.0. The maximum atomic E-state index is 12.7. The largest absolute Gasteiger partial charge is 0.339 e. The number of nitrogens with one attached hydrogen (secondary N) is 1. The van der Waals surface area contributed by atoms with Crippen LogP contribution in [0.4, 0.5) is 5.69 Å². The van der Waals surface area contributed by atoms with Crippen LogP contribution in [-0.2, 0) is 4.79 Å². The van der Waals surface area contributed by atoms with Gasteiger partial charge in [-0.15, -0.1) is 0 Å². The van der Waals surface area contributed by atoms with Gasteiger partial charge in [-0.2, -0.15) is 0 Å². The van der Waals surface area contributed by atoms with Crippen molar-refractivity contribution in [2.75, 3.05) is 31.5 Å². The van der Waals surface area contributed by atoms with Gasteiger partial charge in [-0.1, -0.05) is 17.7 Å². The number of hydrogen-bond donors (Lipinski definition) is 1. The van der Waals surface area contributed by atoms with E-state index in [1.54, 1.807) is 15.9 Å². The summed E-state index contributed by atoms with van der Waals surface area (Å²) in [7, 11) is 0. The van der Waals surface area contributed by atoms with E-state index in [0.29, 0.717) is 37.4 Å². The second-order valence-corrected chi connectivity index (χ2v) is 6.55. The quantitative estimate of drug-likeness (QED) is 0.900. The summed E-state index contributed by atoms with van der Waals surface area (Å²) < 4.78 is 0. The van der Waals surface area contributed by atoms with E-state index < -0.39 is 0 Å². The first kappa shape index (κ1) is 18.6. The summed E-state index contributed by atoms with van der Waals surface area (Å²) in [6, 6.07) is 10.5. The third-order valence-corrected chi connectivity index (χ3v) is 4.56. The van der Waals surface area contributed by atoms with Gasteiger partial charge in [-0.3, -0.25) is 19.4 Å². The third kappa shape index (κ3) is 4.49. The Hall–Kier alpha value is -3.22. The highest BCUT2D eigenvalue weighted by Crippen LogP contribution is 2.13. The van der Waals surface area contributed by atoms with Crippen LogP contribution in [-0.4, -0.2) is 58.7 Å². The first-order valence-corrected chi connectivity index (χ1v) is 8.83. The van der Waals surface area contributed by atoms with Crippen LogP contribution in [0.15, 0.2) is 42.6 Å². The SMILES string of the molecule is CC(=O)N1CCN(C(=O)c2ccnc(C(=O)Nc3ccc(C)cc3)c2)CC1. The molecular weight excluding hydrogens is 344 g/mol. The minimum absolute atomic E-state index is 0.0149. The van der Waals surface area contributed by atoms with Crippen molar-refractivity contribution in [1.82, 2.24) is 14.8 Å². The molecule has 0 atom stereocenters. The zero-order valence-corrected chi connectivity index (χ0v) is 15.4. The third-order valence-electron chi connectivity index (χ3n) is 4.56. The fraction of sp³-hybridized carbons (Fsp3) is 0.300. The Balaban J connectivity index is 1.67. The zero-order valence-electron chi connectivity index (χ0n) is 15.4. The normalized spacial score (nSPS) is 14.0. The van der Waals surface area contributed by atoms with Crippen LogP contribution in [0.25, 0.3) is 0 Å². The van der Waals surface area contributed by atoms with Crippen molar-refractivity contribution in [3.63, 3.8) is 0 Å². The van der Waals surface area contributed by atoms with Crippen LogP contribution < -0.4 is 5.32 Å². The lowest BCUT2D eigenvalue weighted by Crippen LogP contribution is -2.50. The minimum Gasteiger partial charge on any atom is -0.339 e. The second kappa shape index (κ2) is 7.99. The van der Waals surface area contributed by atoms with Crippen LogP contribution in [0.2, 0.25) is 0 Å². The molecule has 0 aliphatic carbocycles. The molecule has 1 fully saturated rings. The lowest BCUT2D eigenvalue weighted by Gasteiger charge is -2.34. The number of piperazine rings is 1. The number of pyridine rings is 1. The number of rotatable bonds is 3. The summed E-state index contributed by atoms with van der Waals surface area (Å²) in [6.07, 6.45) is 1.46. The molecule has 3 amide bonds. The fourth-order valence-corrected chi connectivity index (χ4v) is 2.93. The molecule has 27 heavy (non-hydrogen) atoms. The van der Waals surface area contributed by atoms with E-state index in [1.165, 1.54) is 19.2 Å². The molecule has 1 aliphatic heterocycles. The lowest BCUT2D eigenvalue weighted by molar-refractivity contribution is -0.130. The van der Waals surface area contributed by atoms with E-state index >= 15 is 0 Å². The molecule has 0 unspecified atom stereocenters. The molecule has 0 radical (unpaired) electrons. The number of carbonyl (C=O) groups excluding carboxylic acids is 3. The van der Waals surface area contributed by atoms with Gasteiger partial charge in [0.05, 0.1) is 0 Å². The highest BCUT2D eigenvalue weighted by Gasteiger charge is 2.24. The molecule has 1 aromatic carbocycles. The van der Waals surface area contributed by atoms with Gasteiger partial charge < -0.3 is 15.1 Å². The van der Waals surface area contributed by atoms with Crippen LogP contribution in [0.5, 0.6) is 0 Å². The van der Waals surface area contributed by atoms with E-state index in [1.807, 2.05) is 31.2 Å². The molecule has 1 saturated heterocycles. The Morgan fingerprint density at radius 1 is 0.963 bits per heavy atom. The van der Waals surface area contributed by atoms with E-state index in [2.05, 4.69) is 10.3 Å². The number of amides is 3. The molecule has 2 heterocycles. The standard InChI is InChI=1S/C20H22N4O3/c1-14-3-5-17(6-4-14)22-19(26)18-13-16(7-8-21-18)20(27)24-11-9-23(10-12-24)15(2)25/h3-8,13H,9-12H2,1-2H3,(H,22,26). The number of anilines is 1. The number of carbonyl (C=O) groups is 3. The molecule has 2 aromatic rings. The minimum atomic E-state index is -0.366. The molecule has 0 saturated carbocycles. The van der Waals surface area contributed by atoms with E-state index in [4.69, 9.17) is 0 Å². The van der Waals surface area contributed by atoms with Crippen molar-refractivity contribution in [1.29, 1.82) is 0 Å². The number of benzene rings is 1. The van der Waals surface area contributed by atoms with Gasteiger partial charge in [-0.25, -0.2) is 0 Å². The fourth-order valence-electron chi connectivity index (χ4n) is 2.93. The Morgan fingerprint density at radius 3 is 2.22 bits per heavy atom. The Morgan fingerprint density at radius 2 is 1.59 bits per heavy atom. The van der Waals surface area contributed by atoms with E-state index in [0.717, 1.165) is 5.56 Å². The van der Waals surface area contributed by atoms with Crippen LogP contribution in [0, 0.1) is 6.92 Å². The Bertz CT molecular complexity index is 856. The van der Waals surface area contributed by atoms with Crippen molar-refractivity contribution in [2.24, 2.45) is 0 Å². The molecule has 1 aliphatic rings. The van der Waals surface area contributed by atoms with Crippen molar-refractivity contribution in [3.05, 3.63) is 59.4 Å².